The smallest absolute Gasteiger partial charge is 0.317 e. The Bertz CT molecular complexity index is 580. The Hall–Kier alpha value is -1.60. The number of urea groups is 1. The highest BCUT2D eigenvalue weighted by Crippen LogP contribution is 2.34. The highest BCUT2D eigenvalue weighted by Gasteiger charge is 2.42. The maximum Gasteiger partial charge on any atom is 0.317 e. The van der Waals surface area contributed by atoms with Crippen LogP contribution < -0.4 is 5.32 Å². The summed E-state index contributed by atoms with van der Waals surface area (Å²) in [5.74, 6) is -0.318. The van der Waals surface area contributed by atoms with Crippen LogP contribution in [0.4, 0.5) is 4.79 Å². The maximum absolute atomic E-state index is 12.5. The number of nitrogens with zero attached hydrogens (tertiary/aromatic N) is 3. The van der Waals surface area contributed by atoms with Crippen molar-refractivity contribution in [2.75, 3.05) is 26.3 Å². The minimum absolute atomic E-state index is 0.0211. The Kier molecular flexibility index (Phi) is 5.10. The predicted octanol–water partition coefficient (Wildman–Crippen LogP) is 1.67. The molecule has 1 N–H and O–H groups in total. The molecule has 0 spiro atoms. The van der Waals surface area contributed by atoms with Crippen molar-refractivity contribution in [1.82, 2.24) is 20.0 Å². The number of nitrogens with one attached hydrogen (secondary N) is 1. The molecule has 2 amide bonds. The van der Waals surface area contributed by atoms with Crippen molar-refractivity contribution in [3.8, 4) is 0 Å². The number of ether oxygens (including phenoxy) is 2. The van der Waals surface area contributed by atoms with Crippen LogP contribution in [-0.4, -0.2) is 52.8 Å². The number of piperidine rings is 1. The van der Waals surface area contributed by atoms with Crippen molar-refractivity contribution in [3.63, 3.8) is 0 Å². The van der Waals surface area contributed by atoms with Crippen LogP contribution in [0.5, 0.6) is 0 Å². The lowest BCUT2D eigenvalue weighted by atomic mass is 9.90. The van der Waals surface area contributed by atoms with E-state index in [1.54, 1.807) is 4.68 Å². The first kappa shape index (κ1) is 17.2. The summed E-state index contributed by atoms with van der Waals surface area (Å²) in [6.07, 6.45) is 4.85. The van der Waals surface area contributed by atoms with E-state index in [9.17, 15) is 4.79 Å². The number of amides is 2. The molecule has 134 valence electrons. The summed E-state index contributed by atoms with van der Waals surface area (Å²) < 4.78 is 13.4. The maximum atomic E-state index is 12.5. The predicted molar refractivity (Wildman–Crippen MR) is 89.4 cm³/mol. The van der Waals surface area contributed by atoms with Gasteiger partial charge >= 0.3 is 6.03 Å². The van der Waals surface area contributed by atoms with Crippen molar-refractivity contribution in [2.45, 2.75) is 45.4 Å². The summed E-state index contributed by atoms with van der Waals surface area (Å²) in [6, 6.07) is -0.0211. The molecule has 2 saturated heterocycles. The summed E-state index contributed by atoms with van der Waals surface area (Å²) in [4.78, 5) is 14.4. The summed E-state index contributed by atoms with van der Waals surface area (Å²) in [5, 5.41) is 7.44. The van der Waals surface area contributed by atoms with Crippen LogP contribution in [0.15, 0.2) is 6.20 Å². The summed E-state index contributed by atoms with van der Waals surface area (Å²) in [7, 11) is 1.90. The molecule has 24 heavy (non-hydrogen) atoms. The van der Waals surface area contributed by atoms with Crippen LogP contribution >= 0.6 is 0 Å². The molecule has 7 heteroatoms. The SMILES string of the molecule is CCc1nn(C)cc1CNC(=O)N1CCC[C@@H](C2(C)OCCO2)C1. The van der Waals surface area contributed by atoms with Gasteiger partial charge in [-0.25, -0.2) is 4.79 Å². The van der Waals surface area contributed by atoms with E-state index in [1.165, 1.54) is 0 Å². The fraction of sp³-hybridized carbons (Fsp3) is 0.765. The summed E-state index contributed by atoms with van der Waals surface area (Å²) in [6.45, 7) is 7.32. The molecule has 2 fully saturated rings. The number of aromatic nitrogens is 2. The third kappa shape index (κ3) is 3.57. The van der Waals surface area contributed by atoms with Crippen LogP contribution in [0.1, 0.15) is 37.9 Å². The van der Waals surface area contributed by atoms with Gasteiger partial charge in [0.05, 0.1) is 18.9 Å². The molecule has 2 aliphatic heterocycles. The van der Waals surface area contributed by atoms with Crippen molar-refractivity contribution < 1.29 is 14.3 Å². The normalized spacial score (nSPS) is 23.5. The average Bonchev–Trinajstić information content (AvgIpc) is 3.19. The van der Waals surface area contributed by atoms with Gasteiger partial charge in [-0.15, -0.1) is 0 Å². The second-order valence-corrected chi connectivity index (χ2v) is 6.79. The first-order chi connectivity index (χ1) is 11.5. The van der Waals surface area contributed by atoms with E-state index in [2.05, 4.69) is 17.3 Å². The van der Waals surface area contributed by atoms with Crippen molar-refractivity contribution in [3.05, 3.63) is 17.5 Å². The Morgan fingerprint density at radius 2 is 2.21 bits per heavy atom. The topological polar surface area (TPSA) is 68.6 Å². The molecule has 2 aliphatic rings. The number of hydrogen-bond donors (Lipinski definition) is 1. The monoisotopic (exact) mass is 336 g/mol. The summed E-state index contributed by atoms with van der Waals surface area (Å²) in [5.41, 5.74) is 2.12. The molecule has 1 aromatic rings. The zero-order chi connectivity index (χ0) is 17.2. The van der Waals surface area contributed by atoms with Crippen LogP contribution in [0.2, 0.25) is 0 Å². The fourth-order valence-electron chi connectivity index (χ4n) is 3.67. The fourth-order valence-corrected chi connectivity index (χ4v) is 3.67. The minimum Gasteiger partial charge on any atom is -0.347 e. The van der Waals surface area contributed by atoms with Crippen LogP contribution in [-0.2, 0) is 29.5 Å². The van der Waals surface area contributed by atoms with Gasteiger partial charge in [0.2, 0.25) is 0 Å². The van der Waals surface area contributed by atoms with Crippen LogP contribution in [0.25, 0.3) is 0 Å². The molecule has 0 radical (unpaired) electrons. The second-order valence-electron chi connectivity index (χ2n) is 6.79. The average molecular weight is 336 g/mol. The highest BCUT2D eigenvalue weighted by molar-refractivity contribution is 5.74. The number of hydrogen-bond acceptors (Lipinski definition) is 4. The van der Waals surface area contributed by atoms with E-state index in [0.29, 0.717) is 26.3 Å². The molecule has 3 rings (SSSR count). The third-order valence-corrected chi connectivity index (χ3v) is 5.07. The Labute approximate surface area is 143 Å². The minimum atomic E-state index is -0.544. The summed E-state index contributed by atoms with van der Waals surface area (Å²) >= 11 is 0. The van der Waals surface area contributed by atoms with Gasteiger partial charge < -0.3 is 19.7 Å². The first-order valence-corrected chi connectivity index (χ1v) is 8.84. The molecule has 0 aromatic carbocycles. The molecular weight excluding hydrogens is 308 g/mol. The van der Waals surface area contributed by atoms with Gasteiger partial charge in [-0.05, 0) is 26.2 Å². The van der Waals surface area contributed by atoms with Crippen molar-refractivity contribution in [2.24, 2.45) is 13.0 Å². The second kappa shape index (κ2) is 7.11. The highest BCUT2D eigenvalue weighted by atomic mass is 16.7. The number of carbonyl (C=O) groups excluding carboxylic acids is 1. The molecular formula is C17H28N4O3. The lowest BCUT2D eigenvalue weighted by Gasteiger charge is -2.39. The van der Waals surface area contributed by atoms with E-state index in [1.807, 2.05) is 25.1 Å². The van der Waals surface area contributed by atoms with Gasteiger partial charge in [0.25, 0.3) is 0 Å². The Morgan fingerprint density at radius 1 is 1.46 bits per heavy atom. The molecule has 7 nitrogen and oxygen atoms in total. The number of rotatable bonds is 4. The molecule has 0 saturated carbocycles. The Balaban J connectivity index is 1.56. The lowest BCUT2D eigenvalue weighted by Crippen LogP contribution is -2.51. The van der Waals surface area contributed by atoms with Crippen molar-refractivity contribution >= 4 is 6.03 Å². The zero-order valence-electron chi connectivity index (χ0n) is 14.9. The van der Waals surface area contributed by atoms with Crippen molar-refractivity contribution in [1.29, 1.82) is 0 Å². The molecule has 1 aromatic heterocycles. The van der Waals surface area contributed by atoms with E-state index < -0.39 is 5.79 Å². The van der Waals surface area contributed by atoms with Gasteiger partial charge in [0.1, 0.15) is 0 Å². The van der Waals surface area contributed by atoms with Crippen LogP contribution in [0, 0.1) is 5.92 Å². The lowest BCUT2D eigenvalue weighted by molar-refractivity contribution is -0.189. The van der Waals surface area contributed by atoms with Gasteiger partial charge in [0, 0.05) is 44.4 Å². The van der Waals surface area contributed by atoms with Gasteiger partial charge in [-0.2, -0.15) is 5.10 Å². The van der Waals surface area contributed by atoms with Gasteiger partial charge in [-0.3, -0.25) is 4.68 Å². The molecule has 0 unspecified atom stereocenters. The molecule has 0 aliphatic carbocycles. The largest absolute Gasteiger partial charge is 0.347 e. The zero-order valence-corrected chi connectivity index (χ0v) is 14.9. The van der Waals surface area contributed by atoms with E-state index in [0.717, 1.165) is 37.1 Å². The standard InChI is InChI=1S/C17H28N4O3/c1-4-15-13(11-20(3)19-15)10-18-16(22)21-7-5-6-14(12-21)17(2)23-8-9-24-17/h11,14H,4-10,12H2,1-3H3,(H,18,22)/t14-/m1/s1. The van der Waals surface area contributed by atoms with Crippen LogP contribution in [0.3, 0.4) is 0 Å². The molecule has 3 heterocycles. The van der Waals surface area contributed by atoms with Gasteiger partial charge in [0.15, 0.2) is 5.79 Å². The third-order valence-electron chi connectivity index (χ3n) is 5.07. The number of carbonyl (C=O) groups is 1. The number of likely N-dealkylation sites (tertiary alicyclic amines) is 1. The quantitative estimate of drug-likeness (QED) is 0.908. The van der Waals surface area contributed by atoms with Gasteiger partial charge in [-0.1, -0.05) is 6.92 Å². The van der Waals surface area contributed by atoms with E-state index in [-0.39, 0.29) is 11.9 Å². The first-order valence-electron chi connectivity index (χ1n) is 8.84. The van der Waals surface area contributed by atoms with E-state index >= 15 is 0 Å². The molecule has 0 bridgehead atoms. The molecule has 1 atom stereocenters. The number of aryl methyl sites for hydroxylation is 2. The van der Waals surface area contributed by atoms with E-state index in [4.69, 9.17) is 9.47 Å². The Morgan fingerprint density at radius 3 is 2.92 bits per heavy atom.